The van der Waals surface area contributed by atoms with Crippen molar-refractivity contribution in [2.45, 2.75) is 81.2 Å². The van der Waals surface area contributed by atoms with E-state index in [9.17, 15) is 10.2 Å². The summed E-state index contributed by atoms with van der Waals surface area (Å²) in [6.45, 7) is 2.48. The van der Waals surface area contributed by atoms with Crippen molar-refractivity contribution in [3.8, 4) is 0 Å². The standard InChI is InChI=1S/C28H31NO3/c1-26-8-6-20-13-21-14-23(30)24(31)15-27(21)9-10-28(20,32-27)25(26)5-4-22(26)18-3-2-17-7-11-29-16-19(17)12-18/h2-3,6-7,11-13,16,22-25,30-31H,4-5,8-10,14-15H2,1H3/t22?,23-,24-,25+,26+,27+,28?/m0/s1. The normalized spacial score (nSPS) is 44.5. The van der Waals surface area contributed by atoms with Crippen LogP contribution in [0.3, 0.4) is 0 Å². The molecule has 7 atom stereocenters. The van der Waals surface area contributed by atoms with Gasteiger partial charge in [0.2, 0.25) is 0 Å². The Morgan fingerprint density at radius 3 is 2.88 bits per heavy atom. The van der Waals surface area contributed by atoms with Crippen molar-refractivity contribution in [2.75, 3.05) is 0 Å². The van der Waals surface area contributed by atoms with Crippen molar-refractivity contribution in [1.29, 1.82) is 0 Å². The minimum Gasteiger partial charge on any atom is -0.390 e. The molecular formula is C28H31NO3. The molecule has 4 heteroatoms. The maximum absolute atomic E-state index is 10.5. The fourth-order valence-corrected chi connectivity index (χ4v) is 8.23. The molecule has 2 bridgehead atoms. The highest BCUT2D eigenvalue weighted by Crippen LogP contribution is 2.69. The van der Waals surface area contributed by atoms with Gasteiger partial charge in [0.25, 0.3) is 0 Å². The number of aliphatic hydroxyl groups excluding tert-OH is 2. The zero-order chi connectivity index (χ0) is 21.7. The summed E-state index contributed by atoms with van der Waals surface area (Å²) in [5.41, 5.74) is 3.53. The Kier molecular flexibility index (Phi) is 3.84. The highest BCUT2D eigenvalue weighted by Gasteiger charge is 2.67. The van der Waals surface area contributed by atoms with Crippen LogP contribution in [-0.2, 0) is 4.74 Å². The highest BCUT2D eigenvalue weighted by molar-refractivity contribution is 5.82. The molecule has 0 radical (unpaired) electrons. The van der Waals surface area contributed by atoms with Crippen molar-refractivity contribution >= 4 is 10.8 Å². The van der Waals surface area contributed by atoms with Crippen LogP contribution < -0.4 is 0 Å². The maximum atomic E-state index is 10.5. The predicted molar refractivity (Wildman–Crippen MR) is 123 cm³/mol. The summed E-state index contributed by atoms with van der Waals surface area (Å²) in [7, 11) is 0. The summed E-state index contributed by atoms with van der Waals surface area (Å²) in [6.07, 6.45) is 13.7. The first-order valence-electron chi connectivity index (χ1n) is 12.3. The number of hydrogen-bond acceptors (Lipinski definition) is 4. The molecule has 2 saturated carbocycles. The molecule has 4 nitrogen and oxygen atoms in total. The van der Waals surface area contributed by atoms with E-state index in [0.29, 0.717) is 24.7 Å². The van der Waals surface area contributed by atoms with Gasteiger partial charge in [-0.15, -0.1) is 0 Å². The number of pyridine rings is 1. The van der Waals surface area contributed by atoms with E-state index in [1.54, 1.807) is 0 Å². The first kappa shape index (κ1) is 19.5. The van der Waals surface area contributed by atoms with Gasteiger partial charge >= 0.3 is 0 Å². The van der Waals surface area contributed by atoms with Crippen molar-refractivity contribution in [3.05, 3.63) is 65.5 Å². The van der Waals surface area contributed by atoms with Gasteiger partial charge in [-0.25, -0.2) is 0 Å². The molecule has 2 aliphatic heterocycles. The number of allylic oxidation sites excluding steroid dienone is 1. The Hall–Kier alpha value is -2.01. The first-order chi connectivity index (χ1) is 15.4. The number of ether oxygens (including phenoxy) is 1. The molecule has 3 aliphatic carbocycles. The number of fused-ring (bicyclic) bond motifs is 2. The van der Waals surface area contributed by atoms with E-state index >= 15 is 0 Å². The smallest absolute Gasteiger partial charge is 0.0974 e. The van der Waals surface area contributed by atoms with Gasteiger partial charge in [-0.2, -0.15) is 0 Å². The highest BCUT2D eigenvalue weighted by atomic mass is 16.5. The van der Waals surface area contributed by atoms with Gasteiger partial charge in [0.1, 0.15) is 0 Å². The zero-order valence-electron chi connectivity index (χ0n) is 18.6. The van der Waals surface area contributed by atoms with Crippen molar-refractivity contribution < 1.29 is 14.9 Å². The Morgan fingerprint density at radius 1 is 1.06 bits per heavy atom. The molecule has 7 rings (SSSR count). The molecule has 1 aromatic carbocycles. The van der Waals surface area contributed by atoms with Gasteiger partial charge in [-0.05, 0) is 90.0 Å². The number of hydrogen-bond donors (Lipinski definition) is 2. The Bertz CT molecular complexity index is 1190. The van der Waals surface area contributed by atoms with Crippen LogP contribution in [0.4, 0.5) is 0 Å². The van der Waals surface area contributed by atoms with Crippen molar-refractivity contribution in [2.24, 2.45) is 11.3 Å². The molecule has 3 heterocycles. The summed E-state index contributed by atoms with van der Waals surface area (Å²) in [6, 6.07) is 9.01. The second kappa shape index (κ2) is 6.31. The van der Waals surface area contributed by atoms with Crippen LogP contribution in [0.5, 0.6) is 0 Å². The molecule has 2 N–H and O–H groups in total. The molecule has 1 saturated heterocycles. The third kappa shape index (κ3) is 2.36. The van der Waals surface area contributed by atoms with E-state index in [2.05, 4.69) is 48.3 Å². The second-order valence-electron chi connectivity index (χ2n) is 11.2. The number of benzene rings is 1. The van der Waals surface area contributed by atoms with Crippen LogP contribution in [0.1, 0.15) is 63.4 Å². The molecule has 2 aromatic rings. The number of aliphatic hydroxyl groups is 2. The molecule has 166 valence electrons. The first-order valence-corrected chi connectivity index (χ1v) is 12.3. The lowest BCUT2D eigenvalue weighted by Crippen LogP contribution is -2.55. The van der Waals surface area contributed by atoms with Crippen LogP contribution >= 0.6 is 0 Å². The van der Waals surface area contributed by atoms with Crippen molar-refractivity contribution in [1.82, 2.24) is 4.98 Å². The molecule has 32 heavy (non-hydrogen) atoms. The molecular weight excluding hydrogens is 398 g/mol. The number of aromatic nitrogens is 1. The van der Waals surface area contributed by atoms with Gasteiger partial charge in [0.15, 0.2) is 0 Å². The van der Waals surface area contributed by atoms with Gasteiger partial charge < -0.3 is 14.9 Å². The summed E-state index contributed by atoms with van der Waals surface area (Å²) in [5.74, 6) is 0.985. The Morgan fingerprint density at radius 2 is 1.97 bits per heavy atom. The summed E-state index contributed by atoms with van der Waals surface area (Å²) in [5, 5.41) is 23.2. The van der Waals surface area contributed by atoms with E-state index in [1.165, 1.54) is 40.3 Å². The summed E-state index contributed by atoms with van der Waals surface area (Å²) in [4.78, 5) is 4.34. The minimum absolute atomic E-state index is 0.156. The van der Waals surface area contributed by atoms with E-state index in [1.807, 2.05) is 12.4 Å². The predicted octanol–water partition coefficient (Wildman–Crippen LogP) is 4.81. The molecule has 2 spiro atoms. The number of rotatable bonds is 1. The zero-order valence-corrected chi connectivity index (χ0v) is 18.6. The largest absolute Gasteiger partial charge is 0.390 e. The van der Waals surface area contributed by atoms with E-state index < -0.39 is 12.2 Å². The van der Waals surface area contributed by atoms with Crippen LogP contribution in [-0.4, -0.2) is 38.6 Å². The van der Waals surface area contributed by atoms with Gasteiger partial charge in [0, 0.05) is 24.2 Å². The lowest BCUT2D eigenvalue weighted by Gasteiger charge is -2.54. The van der Waals surface area contributed by atoms with Gasteiger partial charge in [-0.1, -0.05) is 31.2 Å². The summed E-state index contributed by atoms with van der Waals surface area (Å²) < 4.78 is 7.12. The van der Waals surface area contributed by atoms with Crippen LogP contribution in [0.2, 0.25) is 0 Å². The Balaban J connectivity index is 1.30. The average Bonchev–Trinajstić information content (AvgIpc) is 3.31. The minimum atomic E-state index is -0.690. The lowest BCUT2D eigenvalue weighted by molar-refractivity contribution is -0.157. The third-order valence-corrected chi connectivity index (χ3v) is 9.82. The SMILES string of the molecule is C[C@]12CC=C3C=C4C[C@H](O)[C@@H](O)C[C@]45CCC3(O5)[C@@H]1CCC2c1ccc2ccncc2c1. The van der Waals surface area contributed by atoms with Crippen LogP contribution in [0, 0.1) is 11.3 Å². The van der Waals surface area contributed by atoms with Crippen molar-refractivity contribution in [3.63, 3.8) is 0 Å². The Labute approximate surface area is 189 Å². The average molecular weight is 430 g/mol. The lowest BCUT2D eigenvalue weighted by atomic mass is 9.58. The van der Waals surface area contributed by atoms with Gasteiger partial charge in [0.05, 0.1) is 23.4 Å². The molecule has 3 fully saturated rings. The molecule has 0 amide bonds. The van der Waals surface area contributed by atoms with E-state index in [0.717, 1.165) is 19.3 Å². The third-order valence-electron chi connectivity index (χ3n) is 9.82. The monoisotopic (exact) mass is 429 g/mol. The topological polar surface area (TPSA) is 62.6 Å². The maximum Gasteiger partial charge on any atom is 0.0974 e. The quantitative estimate of drug-likeness (QED) is 0.683. The van der Waals surface area contributed by atoms with Crippen LogP contribution in [0.15, 0.2) is 60.0 Å². The van der Waals surface area contributed by atoms with Crippen LogP contribution in [0.25, 0.3) is 10.8 Å². The van der Waals surface area contributed by atoms with Gasteiger partial charge in [-0.3, -0.25) is 4.98 Å². The summed E-state index contributed by atoms with van der Waals surface area (Å²) >= 11 is 0. The molecule has 5 aliphatic rings. The fourth-order valence-electron chi connectivity index (χ4n) is 8.23. The van der Waals surface area contributed by atoms with E-state index in [4.69, 9.17) is 4.74 Å². The second-order valence-corrected chi connectivity index (χ2v) is 11.2. The molecule has 2 unspecified atom stereocenters. The fraction of sp³-hybridized carbons (Fsp3) is 0.536. The van der Waals surface area contributed by atoms with E-state index in [-0.39, 0.29) is 16.6 Å². The number of nitrogens with zero attached hydrogens (tertiary/aromatic N) is 1. The molecule has 1 aromatic heterocycles.